The van der Waals surface area contributed by atoms with Crippen molar-refractivity contribution in [3.05, 3.63) is 65.7 Å². The molecule has 7 heteroatoms. The number of carbonyl (C=O) groups is 1. The van der Waals surface area contributed by atoms with Crippen molar-refractivity contribution in [2.45, 2.75) is 30.9 Å². The van der Waals surface area contributed by atoms with Gasteiger partial charge in [-0.3, -0.25) is 4.79 Å². The Morgan fingerprint density at radius 1 is 1.08 bits per heavy atom. The quantitative estimate of drug-likeness (QED) is 0.826. The van der Waals surface area contributed by atoms with Crippen LogP contribution >= 0.6 is 0 Å². The Kier molecular flexibility index (Phi) is 4.64. The summed E-state index contributed by atoms with van der Waals surface area (Å²) in [6.45, 7) is 3.35. The smallest absolute Gasteiger partial charge is 0.317 e. The maximum absolute atomic E-state index is 12.5. The van der Waals surface area contributed by atoms with Gasteiger partial charge in [0.2, 0.25) is 0 Å². The summed E-state index contributed by atoms with van der Waals surface area (Å²) in [6.07, 6.45) is -0.917. The molecule has 3 rings (SSSR count). The predicted molar refractivity (Wildman–Crippen MR) is 90.6 cm³/mol. The molecule has 1 saturated heterocycles. The molecule has 0 unspecified atom stereocenters. The third-order valence-corrected chi connectivity index (χ3v) is 5.45. The maximum Gasteiger partial charge on any atom is 0.317 e. The van der Waals surface area contributed by atoms with Crippen molar-refractivity contribution in [3.63, 3.8) is 0 Å². The van der Waals surface area contributed by atoms with Gasteiger partial charge in [0, 0.05) is 0 Å². The Balaban J connectivity index is 1.90. The van der Waals surface area contributed by atoms with Gasteiger partial charge in [-0.15, -0.1) is 4.28 Å². The Morgan fingerprint density at radius 3 is 2.24 bits per heavy atom. The third kappa shape index (κ3) is 3.30. The molecule has 6 nitrogen and oxygen atoms in total. The first-order valence-corrected chi connectivity index (χ1v) is 9.29. The molecule has 0 bridgehead atoms. The molecule has 1 aliphatic heterocycles. The van der Waals surface area contributed by atoms with Crippen molar-refractivity contribution in [1.82, 2.24) is 5.06 Å². The number of benzene rings is 2. The van der Waals surface area contributed by atoms with E-state index in [1.165, 1.54) is 19.1 Å². The highest BCUT2D eigenvalue weighted by molar-refractivity contribution is 7.86. The van der Waals surface area contributed by atoms with Gasteiger partial charge in [-0.05, 0) is 31.5 Å². The van der Waals surface area contributed by atoms with E-state index in [1.54, 1.807) is 36.4 Å². The first-order valence-electron chi connectivity index (χ1n) is 7.88. The van der Waals surface area contributed by atoms with Gasteiger partial charge < -0.3 is 5.11 Å². The molecule has 3 atom stereocenters. The van der Waals surface area contributed by atoms with Crippen LogP contribution in [0, 0.1) is 12.8 Å². The summed E-state index contributed by atoms with van der Waals surface area (Å²) in [4.78, 5) is 12.3. The van der Waals surface area contributed by atoms with Crippen LogP contribution in [0.5, 0.6) is 0 Å². The second-order valence-corrected chi connectivity index (χ2v) is 7.66. The van der Waals surface area contributed by atoms with E-state index in [0.29, 0.717) is 5.56 Å². The van der Waals surface area contributed by atoms with Crippen LogP contribution in [-0.4, -0.2) is 30.6 Å². The van der Waals surface area contributed by atoms with Crippen LogP contribution in [0.4, 0.5) is 0 Å². The van der Waals surface area contributed by atoms with Crippen LogP contribution in [0.3, 0.4) is 0 Å². The number of aliphatic hydroxyl groups is 1. The first kappa shape index (κ1) is 17.6. The lowest BCUT2D eigenvalue weighted by molar-refractivity contribution is -0.215. The predicted octanol–water partition coefficient (Wildman–Crippen LogP) is 2.20. The molecule has 0 aliphatic carbocycles. The van der Waals surface area contributed by atoms with Crippen LogP contribution in [0.2, 0.25) is 0 Å². The monoisotopic (exact) mass is 361 g/mol. The van der Waals surface area contributed by atoms with E-state index < -0.39 is 34.1 Å². The van der Waals surface area contributed by atoms with Crippen LogP contribution < -0.4 is 0 Å². The zero-order valence-electron chi connectivity index (χ0n) is 13.9. The zero-order chi connectivity index (χ0) is 18.2. The average molecular weight is 361 g/mol. The summed E-state index contributed by atoms with van der Waals surface area (Å²) in [5.74, 6) is -1.30. The second-order valence-electron chi connectivity index (χ2n) is 6.13. The van der Waals surface area contributed by atoms with Crippen LogP contribution in [-0.2, 0) is 19.2 Å². The number of hydroxylamine groups is 2. The number of amides is 1. The molecule has 25 heavy (non-hydrogen) atoms. The average Bonchev–Trinajstić information content (AvgIpc) is 2.58. The molecule has 132 valence electrons. The molecule has 1 aliphatic rings. The normalized spacial score (nSPS) is 21.7. The number of carbonyl (C=O) groups excluding carboxylic acids is 1. The summed E-state index contributed by atoms with van der Waals surface area (Å²) in [6, 6.07) is 14.4. The molecule has 2 aromatic rings. The first-order chi connectivity index (χ1) is 11.8. The Bertz CT molecular complexity index is 862. The summed E-state index contributed by atoms with van der Waals surface area (Å²) in [7, 11) is -4.14. The van der Waals surface area contributed by atoms with Crippen molar-refractivity contribution in [2.24, 2.45) is 5.92 Å². The fraction of sp³-hybridized carbons (Fsp3) is 0.278. The lowest BCUT2D eigenvalue weighted by Crippen LogP contribution is -2.58. The minimum Gasteiger partial charge on any atom is -0.392 e. The van der Waals surface area contributed by atoms with E-state index in [0.717, 1.165) is 10.6 Å². The molecule has 2 aromatic carbocycles. The number of aryl methyl sites for hydroxylation is 1. The van der Waals surface area contributed by atoms with Gasteiger partial charge >= 0.3 is 10.1 Å². The Hall–Kier alpha value is -2.22. The van der Waals surface area contributed by atoms with Gasteiger partial charge in [-0.1, -0.05) is 48.0 Å². The standard InChI is InChI=1S/C18H19NO5S/c1-12-8-10-15(11-9-12)25(22,23)24-19-17(14-6-4-3-5-7-14)16(13(2)20)18(19)21/h3-11,13,16-17,20H,1-2H3/t13-,16-,17-/m1/s1. The van der Waals surface area contributed by atoms with Crippen LogP contribution in [0.15, 0.2) is 59.5 Å². The lowest BCUT2D eigenvalue weighted by atomic mass is 9.81. The van der Waals surface area contributed by atoms with Gasteiger partial charge in [0.05, 0.1) is 16.9 Å². The molecule has 0 aromatic heterocycles. The minimum absolute atomic E-state index is 0.0294. The van der Waals surface area contributed by atoms with E-state index >= 15 is 0 Å². The molecular weight excluding hydrogens is 342 g/mol. The van der Waals surface area contributed by atoms with Crippen molar-refractivity contribution in [2.75, 3.05) is 0 Å². The summed E-state index contributed by atoms with van der Waals surface area (Å²) in [5.41, 5.74) is 1.61. The molecular formula is C18H19NO5S. The largest absolute Gasteiger partial charge is 0.392 e. The van der Waals surface area contributed by atoms with Crippen molar-refractivity contribution in [1.29, 1.82) is 0 Å². The second kappa shape index (κ2) is 6.59. The molecule has 1 heterocycles. The van der Waals surface area contributed by atoms with Gasteiger partial charge in [0.25, 0.3) is 5.91 Å². The van der Waals surface area contributed by atoms with E-state index in [1.807, 2.05) is 13.0 Å². The number of hydrogen-bond acceptors (Lipinski definition) is 5. The van der Waals surface area contributed by atoms with Gasteiger partial charge in [0.15, 0.2) is 0 Å². The molecule has 1 fully saturated rings. The highest BCUT2D eigenvalue weighted by atomic mass is 32.2. The van der Waals surface area contributed by atoms with Crippen molar-refractivity contribution >= 4 is 16.0 Å². The molecule has 0 saturated carbocycles. The summed E-state index contributed by atoms with van der Waals surface area (Å²) < 4.78 is 30.0. The summed E-state index contributed by atoms with van der Waals surface area (Å²) in [5, 5.41) is 10.7. The fourth-order valence-corrected chi connectivity index (χ4v) is 3.82. The SMILES string of the molecule is Cc1ccc(S(=O)(=O)ON2C(=O)[C@H]([C@@H](C)O)[C@H]2c2ccccc2)cc1. The molecule has 1 N–H and O–H groups in total. The number of aliphatic hydroxyl groups excluding tert-OH is 1. The van der Waals surface area contributed by atoms with Crippen molar-refractivity contribution < 1.29 is 22.6 Å². The number of nitrogens with zero attached hydrogens (tertiary/aromatic N) is 1. The Labute approximate surface area is 146 Å². The summed E-state index contributed by atoms with van der Waals surface area (Å²) >= 11 is 0. The van der Waals surface area contributed by atoms with Gasteiger partial charge in [0.1, 0.15) is 6.04 Å². The highest BCUT2D eigenvalue weighted by Gasteiger charge is 2.53. The van der Waals surface area contributed by atoms with E-state index in [9.17, 15) is 18.3 Å². The Morgan fingerprint density at radius 2 is 1.68 bits per heavy atom. The van der Waals surface area contributed by atoms with Crippen molar-refractivity contribution in [3.8, 4) is 0 Å². The topological polar surface area (TPSA) is 83.9 Å². The molecule has 1 amide bonds. The molecule has 0 spiro atoms. The zero-order valence-corrected chi connectivity index (χ0v) is 14.7. The lowest BCUT2D eigenvalue weighted by Gasteiger charge is -2.46. The number of rotatable bonds is 5. The van der Waals surface area contributed by atoms with Crippen LogP contribution in [0.1, 0.15) is 24.1 Å². The van der Waals surface area contributed by atoms with Gasteiger partial charge in [-0.25, -0.2) is 0 Å². The van der Waals surface area contributed by atoms with Crippen LogP contribution in [0.25, 0.3) is 0 Å². The fourth-order valence-electron chi connectivity index (χ4n) is 2.88. The molecule has 0 radical (unpaired) electrons. The maximum atomic E-state index is 12.5. The highest BCUT2D eigenvalue weighted by Crippen LogP contribution is 2.43. The van der Waals surface area contributed by atoms with E-state index in [4.69, 9.17) is 4.28 Å². The number of hydrogen-bond donors (Lipinski definition) is 1. The van der Waals surface area contributed by atoms with E-state index in [2.05, 4.69) is 0 Å². The van der Waals surface area contributed by atoms with Gasteiger partial charge in [-0.2, -0.15) is 13.5 Å². The third-order valence-electron chi connectivity index (χ3n) is 4.24. The minimum atomic E-state index is -4.14. The number of β-lactam (4-membered cyclic amide) rings is 1. The van der Waals surface area contributed by atoms with E-state index in [-0.39, 0.29) is 4.90 Å².